The first-order chi connectivity index (χ1) is 10.3. The van der Waals surface area contributed by atoms with Crippen molar-refractivity contribution in [3.05, 3.63) is 35.1 Å². The number of hydrogen-bond acceptors (Lipinski definition) is 2. The normalized spacial score (nSPS) is 18.7. The lowest BCUT2D eigenvalue weighted by atomic mass is 10.0. The maximum atomic E-state index is 13.5. The zero-order valence-corrected chi connectivity index (χ0v) is 11.5. The summed E-state index contributed by atoms with van der Waals surface area (Å²) in [7, 11) is 0. The molecule has 2 N–H and O–H groups in total. The summed E-state index contributed by atoms with van der Waals surface area (Å²) in [6.07, 6.45) is -2.92. The molecule has 4 nitrogen and oxygen atoms in total. The second-order valence-corrected chi connectivity index (χ2v) is 5.06. The lowest BCUT2D eigenvalue weighted by Crippen LogP contribution is -2.46. The minimum absolute atomic E-state index is 0.0419. The molecule has 0 saturated carbocycles. The molecule has 0 spiro atoms. The summed E-state index contributed by atoms with van der Waals surface area (Å²) in [5.74, 6) is -2.11. The molecule has 1 heterocycles. The Morgan fingerprint density at radius 1 is 1.36 bits per heavy atom. The predicted octanol–water partition coefficient (Wildman–Crippen LogP) is 2.24. The number of piperidine rings is 1. The molecule has 0 radical (unpaired) electrons. The topological polar surface area (TPSA) is 58.2 Å². The van der Waals surface area contributed by atoms with Crippen molar-refractivity contribution in [1.82, 2.24) is 10.6 Å². The molecular weight excluding hydrogens is 304 g/mol. The molecule has 0 bridgehead atoms. The van der Waals surface area contributed by atoms with Crippen molar-refractivity contribution >= 4 is 11.8 Å². The minimum Gasteiger partial charge on any atom is -0.352 e. The van der Waals surface area contributed by atoms with Gasteiger partial charge in [0.2, 0.25) is 5.91 Å². The van der Waals surface area contributed by atoms with Gasteiger partial charge in [0.25, 0.3) is 5.91 Å². The highest BCUT2D eigenvalue weighted by molar-refractivity contribution is 5.94. The Labute approximate surface area is 123 Å². The van der Waals surface area contributed by atoms with Crippen molar-refractivity contribution in [2.24, 2.45) is 0 Å². The number of carbonyl (C=O) groups excluding carboxylic acids is 2. The van der Waals surface area contributed by atoms with Crippen molar-refractivity contribution in [2.75, 3.05) is 6.54 Å². The third kappa shape index (κ3) is 3.96. The van der Waals surface area contributed by atoms with Crippen molar-refractivity contribution in [3.63, 3.8) is 0 Å². The molecule has 1 fully saturated rings. The molecule has 1 aromatic carbocycles. The summed E-state index contributed by atoms with van der Waals surface area (Å²) in [5, 5.41) is 4.99. The van der Waals surface area contributed by atoms with E-state index in [1.54, 1.807) is 0 Å². The van der Waals surface area contributed by atoms with Gasteiger partial charge in [-0.2, -0.15) is 13.2 Å². The molecule has 1 aliphatic rings. The highest BCUT2D eigenvalue weighted by Crippen LogP contribution is 2.30. The van der Waals surface area contributed by atoms with Crippen LogP contribution in [0.5, 0.6) is 0 Å². The molecule has 22 heavy (non-hydrogen) atoms. The van der Waals surface area contributed by atoms with Crippen molar-refractivity contribution in [3.8, 4) is 0 Å². The van der Waals surface area contributed by atoms with Gasteiger partial charge in [0.05, 0.1) is 11.1 Å². The van der Waals surface area contributed by atoms with Crippen LogP contribution in [0.15, 0.2) is 18.2 Å². The van der Waals surface area contributed by atoms with Gasteiger partial charge < -0.3 is 10.6 Å². The van der Waals surface area contributed by atoms with Crippen LogP contribution >= 0.6 is 0 Å². The number of hydrogen-bond donors (Lipinski definition) is 2. The Morgan fingerprint density at radius 3 is 2.73 bits per heavy atom. The quantitative estimate of drug-likeness (QED) is 0.840. The standard InChI is InChI=1S/C14H14F4N2O2/c15-11-5-4-8(14(16,17)18)6-10(11)13(22)19-7-9-2-1-3-12(21)20-9/h4-6,9H,1-3,7H2,(H,19,22)(H,20,21)/t9-/m1/s1. The Kier molecular flexibility index (Phi) is 4.68. The summed E-state index contributed by atoms with van der Waals surface area (Å²) in [5.41, 5.74) is -1.76. The zero-order chi connectivity index (χ0) is 16.3. The molecule has 2 amide bonds. The number of halogens is 4. The van der Waals surface area contributed by atoms with Gasteiger partial charge >= 0.3 is 6.18 Å². The second kappa shape index (κ2) is 6.33. The smallest absolute Gasteiger partial charge is 0.352 e. The van der Waals surface area contributed by atoms with Crippen LogP contribution < -0.4 is 10.6 Å². The lowest BCUT2D eigenvalue weighted by Gasteiger charge is -2.23. The highest BCUT2D eigenvalue weighted by atomic mass is 19.4. The number of carbonyl (C=O) groups is 2. The van der Waals surface area contributed by atoms with E-state index in [1.807, 2.05) is 0 Å². The Balaban J connectivity index is 2.04. The molecule has 0 aliphatic carbocycles. The molecule has 1 saturated heterocycles. The SMILES string of the molecule is O=C1CCC[C@H](CNC(=O)c2cc(C(F)(F)F)ccc2F)N1. The van der Waals surface area contributed by atoms with Crippen LogP contribution in [0, 0.1) is 5.82 Å². The van der Waals surface area contributed by atoms with Crippen molar-refractivity contribution in [1.29, 1.82) is 0 Å². The molecular formula is C14H14F4N2O2. The fourth-order valence-electron chi connectivity index (χ4n) is 2.22. The van der Waals surface area contributed by atoms with Gasteiger partial charge in [0.15, 0.2) is 0 Å². The van der Waals surface area contributed by atoms with E-state index >= 15 is 0 Å². The molecule has 0 aromatic heterocycles. The van der Waals surface area contributed by atoms with Gasteiger partial charge in [-0.15, -0.1) is 0 Å². The maximum Gasteiger partial charge on any atom is 0.416 e. The lowest BCUT2D eigenvalue weighted by molar-refractivity contribution is -0.137. The summed E-state index contributed by atoms with van der Waals surface area (Å²) in [6, 6.07) is 1.37. The van der Waals surface area contributed by atoms with Gasteiger partial charge in [0.1, 0.15) is 5.82 Å². The van der Waals surface area contributed by atoms with Crippen LogP contribution in [-0.4, -0.2) is 24.4 Å². The average Bonchev–Trinajstić information content (AvgIpc) is 2.44. The minimum atomic E-state index is -4.65. The van der Waals surface area contributed by atoms with Crippen molar-refractivity contribution < 1.29 is 27.2 Å². The zero-order valence-electron chi connectivity index (χ0n) is 11.5. The predicted molar refractivity (Wildman–Crippen MR) is 69.5 cm³/mol. The molecule has 1 aliphatic heterocycles. The summed E-state index contributed by atoms with van der Waals surface area (Å²) in [6.45, 7) is 0.0419. The van der Waals surface area contributed by atoms with Crippen LogP contribution in [0.1, 0.15) is 35.2 Å². The molecule has 120 valence electrons. The summed E-state index contributed by atoms with van der Waals surface area (Å²) in [4.78, 5) is 23.0. The molecule has 0 unspecified atom stereocenters. The van der Waals surface area contributed by atoms with Gasteiger partial charge in [-0.3, -0.25) is 9.59 Å². The Bertz CT molecular complexity index is 587. The fraction of sp³-hybridized carbons (Fsp3) is 0.429. The summed E-state index contributed by atoms with van der Waals surface area (Å²) < 4.78 is 51.3. The maximum absolute atomic E-state index is 13.5. The van der Waals surface area contributed by atoms with Gasteiger partial charge in [-0.05, 0) is 31.0 Å². The number of alkyl halides is 3. The first-order valence-corrected chi connectivity index (χ1v) is 6.71. The average molecular weight is 318 g/mol. The number of nitrogens with one attached hydrogen (secondary N) is 2. The number of amides is 2. The van der Waals surface area contributed by atoms with E-state index in [0.29, 0.717) is 37.5 Å². The van der Waals surface area contributed by atoms with E-state index in [2.05, 4.69) is 10.6 Å². The van der Waals surface area contributed by atoms with Crippen LogP contribution in [0.3, 0.4) is 0 Å². The second-order valence-electron chi connectivity index (χ2n) is 5.06. The van der Waals surface area contributed by atoms with Crippen LogP contribution in [-0.2, 0) is 11.0 Å². The molecule has 8 heteroatoms. The van der Waals surface area contributed by atoms with Gasteiger partial charge in [-0.1, -0.05) is 0 Å². The number of rotatable bonds is 3. The Morgan fingerprint density at radius 2 is 2.09 bits per heavy atom. The molecule has 1 aromatic rings. The van der Waals surface area contributed by atoms with Gasteiger partial charge in [0, 0.05) is 19.0 Å². The first-order valence-electron chi connectivity index (χ1n) is 6.71. The van der Waals surface area contributed by atoms with E-state index in [1.165, 1.54) is 0 Å². The molecule has 2 rings (SSSR count). The van der Waals surface area contributed by atoms with Crippen molar-refractivity contribution in [2.45, 2.75) is 31.5 Å². The van der Waals surface area contributed by atoms with Crippen LogP contribution in [0.4, 0.5) is 17.6 Å². The monoisotopic (exact) mass is 318 g/mol. The highest BCUT2D eigenvalue weighted by Gasteiger charge is 2.32. The van der Waals surface area contributed by atoms with E-state index in [4.69, 9.17) is 0 Å². The third-order valence-corrected chi connectivity index (χ3v) is 3.37. The van der Waals surface area contributed by atoms with Crippen LogP contribution in [0.2, 0.25) is 0 Å². The van der Waals surface area contributed by atoms with E-state index in [9.17, 15) is 27.2 Å². The van der Waals surface area contributed by atoms with E-state index < -0.39 is 29.0 Å². The summed E-state index contributed by atoms with van der Waals surface area (Å²) >= 11 is 0. The first kappa shape index (κ1) is 16.3. The van der Waals surface area contributed by atoms with E-state index in [0.717, 1.165) is 0 Å². The largest absolute Gasteiger partial charge is 0.416 e. The third-order valence-electron chi connectivity index (χ3n) is 3.37. The van der Waals surface area contributed by atoms with E-state index in [-0.39, 0.29) is 18.5 Å². The Hall–Kier alpha value is -2.12. The van der Waals surface area contributed by atoms with Gasteiger partial charge in [-0.25, -0.2) is 4.39 Å². The molecule has 1 atom stereocenters. The number of benzene rings is 1. The fourth-order valence-corrected chi connectivity index (χ4v) is 2.22. The van der Waals surface area contributed by atoms with Crippen LogP contribution in [0.25, 0.3) is 0 Å².